The van der Waals surface area contributed by atoms with Gasteiger partial charge in [0.25, 0.3) is 0 Å². The number of carbonyl (C=O) groups is 2. The molecule has 3 N–H and O–H groups in total. The van der Waals surface area contributed by atoms with E-state index in [9.17, 15) is 24.9 Å². The lowest BCUT2D eigenvalue weighted by Crippen LogP contribution is -2.61. The molecule has 0 saturated carbocycles. The minimum atomic E-state index is -1.61. The van der Waals surface area contributed by atoms with Crippen LogP contribution in [0.1, 0.15) is 219 Å². The van der Waals surface area contributed by atoms with Gasteiger partial charge < -0.3 is 29.5 Å². The van der Waals surface area contributed by atoms with E-state index >= 15 is 0 Å². The third-order valence-corrected chi connectivity index (χ3v) is 10.3. The highest BCUT2D eigenvalue weighted by atomic mass is 16.7. The Balaban J connectivity index is 2.19. The second-order valence-electron chi connectivity index (χ2n) is 15.0. The standard InChI is InChI=1S/C42H80O8/c1-3-5-7-9-11-13-15-17-19-21-23-25-27-29-31-33-37(44)49-40-39(46)36(35-43)48-42(47)41(40)50-38(45)34-32-30-28-26-24-22-20-18-16-14-12-10-8-6-4-2/h36,39-43,46-47H,3-35H2,1-2H3/t36-,39-,40+,41-,42?/m1/s1. The second kappa shape index (κ2) is 33.6. The van der Waals surface area contributed by atoms with Crippen molar-refractivity contribution in [1.82, 2.24) is 0 Å². The van der Waals surface area contributed by atoms with Gasteiger partial charge in [0.15, 0.2) is 18.5 Å². The fraction of sp³-hybridized carbons (Fsp3) is 0.952. The highest BCUT2D eigenvalue weighted by molar-refractivity contribution is 5.70. The highest BCUT2D eigenvalue weighted by Crippen LogP contribution is 2.26. The van der Waals surface area contributed by atoms with Gasteiger partial charge in [0.05, 0.1) is 6.61 Å². The molecule has 0 aromatic rings. The molecule has 50 heavy (non-hydrogen) atoms. The van der Waals surface area contributed by atoms with Crippen LogP contribution in [0.4, 0.5) is 0 Å². The molecular formula is C42H80O8. The van der Waals surface area contributed by atoms with Crippen molar-refractivity contribution in [3.05, 3.63) is 0 Å². The fourth-order valence-corrected chi connectivity index (χ4v) is 7.02. The average molecular weight is 713 g/mol. The normalized spacial score (nSPS) is 20.6. The van der Waals surface area contributed by atoms with E-state index < -0.39 is 49.3 Å². The van der Waals surface area contributed by atoms with Crippen molar-refractivity contribution in [2.24, 2.45) is 0 Å². The average Bonchev–Trinajstić information content (AvgIpc) is 3.11. The minimum absolute atomic E-state index is 0.181. The van der Waals surface area contributed by atoms with Crippen LogP contribution in [0.15, 0.2) is 0 Å². The number of esters is 2. The molecule has 0 aromatic carbocycles. The zero-order valence-electron chi connectivity index (χ0n) is 32.6. The first-order valence-corrected chi connectivity index (χ1v) is 21.5. The summed E-state index contributed by atoms with van der Waals surface area (Å²) in [5.74, 6) is -1.04. The Bertz CT molecular complexity index is 777. The van der Waals surface area contributed by atoms with E-state index in [1.54, 1.807) is 0 Å². The molecular weight excluding hydrogens is 632 g/mol. The number of carbonyl (C=O) groups excluding carboxylic acids is 2. The number of unbranched alkanes of at least 4 members (excludes halogenated alkanes) is 28. The van der Waals surface area contributed by atoms with Crippen molar-refractivity contribution in [2.75, 3.05) is 6.61 Å². The van der Waals surface area contributed by atoms with Crippen molar-refractivity contribution in [1.29, 1.82) is 0 Å². The molecule has 1 unspecified atom stereocenters. The summed E-state index contributed by atoms with van der Waals surface area (Å²) in [6.45, 7) is 3.95. The lowest BCUT2D eigenvalue weighted by molar-refractivity contribution is -0.293. The molecule has 8 heteroatoms. The van der Waals surface area contributed by atoms with E-state index in [-0.39, 0.29) is 12.8 Å². The molecule has 1 heterocycles. The maximum absolute atomic E-state index is 12.7. The first-order chi connectivity index (χ1) is 24.4. The molecule has 1 fully saturated rings. The molecule has 1 aliphatic rings. The molecule has 0 radical (unpaired) electrons. The predicted molar refractivity (Wildman–Crippen MR) is 203 cm³/mol. The van der Waals surface area contributed by atoms with Crippen LogP contribution >= 0.6 is 0 Å². The van der Waals surface area contributed by atoms with E-state index in [0.29, 0.717) is 12.8 Å². The Labute approximate surface area is 307 Å². The number of rotatable bonds is 35. The molecule has 1 rings (SSSR count). The molecule has 296 valence electrons. The van der Waals surface area contributed by atoms with E-state index in [1.165, 1.54) is 141 Å². The largest absolute Gasteiger partial charge is 0.455 e. The highest BCUT2D eigenvalue weighted by Gasteiger charge is 2.49. The van der Waals surface area contributed by atoms with Crippen molar-refractivity contribution in [2.45, 2.75) is 250 Å². The summed E-state index contributed by atoms with van der Waals surface area (Å²) in [7, 11) is 0. The number of aliphatic hydroxyl groups excluding tert-OH is 3. The smallest absolute Gasteiger partial charge is 0.306 e. The van der Waals surface area contributed by atoms with Crippen LogP contribution in [0, 0.1) is 0 Å². The molecule has 0 bridgehead atoms. The zero-order chi connectivity index (χ0) is 36.5. The summed E-state index contributed by atoms with van der Waals surface area (Å²) in [5, 5.41) is 30.9. The Morgan fingerprint density at radius 1 is 0.460 bits per heavy atom. The molecule has 0 amide bonds. The van der Waals surface area contributed by atoms with Gasteiger partial charge in [0, 0.05) is 12.8 Å². The van der Waals surface area contributed by atoms with Gasteiger partial charge in [-0.1, -0.05) is 194 Å². The Kier molecular flexibility index (Phi) is 31.5. The van der Waals surface area contributed by atoms with Crippen LogP contribution < -0.4 is 0 Å². The van der Waals surface area contributed by atoms with Gasteiger partial charge in [-0.2, -0.15) is 0 Å². The van der Waals surface area contributed by atoms with Crippen LogP contribution in [0.2, 0.25) is 0 Å². The minimum Gasteiger partial charge on any atom is -0.455 e. The van der Waals surface area contributed by atoms with Gasteiger partial charge in [0.1, 0.15) is 12.2 Å². The van der Waals surface area contributed by atoms with Gasteiger partial charge in [-0.15, -0.1) is 0 Å². The summed E-state index contributed by atoms with van der Waals surface area (Å²) in [6.07, 6.45) is 30.5. The molecule has 8 nitrogen and oxygen atoms in total. The molecule has 5 atom stereocenters. The maximum atomic E-state index is 12.7. The molecule has 1 aliphatic heterocycles. The lowest BCUT2D eigenvalue weighted by atomic mass is 9.98. The first-order valence-electron chi connectivity index (χ1n) is 21.5. The summed E-state index contributed by atoms with van der Waals surface area (Å²) in [5.41, 5.74) is 0. The Morgan fingerprint density at radius 2 is 0.740 bits per heavy atom. The van der Waals surface area contributed by atoms with Crippen molar-refractivity contribution >= 4 is 11.9 Å². The van der Waals surface area contributed by atoms with Crippen molar-refractivity contribution < 1.29 is 39.1 Å². The number of hydrogen-bond acceptors (Lipinski definition) is 8. The van der Waals surface area contributed by atoms with E-state index in [1.807, 2.05) is 0 Å². The molecule has 0 spiro atoms. The van der Waals surface area contributed by atoms with Crippen molar-refractivity contribution in [3.63, 3.8) is 0 Å². The summed E-state index contributed by atoms with van der Waals surface area (Å²) in [4.78, 5) is 25.3. The van der Waals surface area contributed by atoms with Gasteiger partial charge >= 0.3 is 11.9 Å². The van der Waals surface area contributed by atoms with Crippen LogP contribution in [-0.2, 0) is 23.8 Å². The van der Waals surface area contributed by atoms with Gasteiger partial charge in [-0.25, -0.2) is 0 Å². The predicted octanol–water partition coefficient (Wildman–Crippen LogP) is 10.4. The third kappa shape index (κ3) is 24.9. The van der Waals surface area contributed by atoms with Crippen LogP contribution in [0.5, 0.6) is 0 Å². The first kappa shape index (κ1) is 46.8. The maximum Gasteiger partial charge on any atom is 0.306 e. The molecule has 0 aromatic heterocycles. The topological polar surface area (TPSA) is 123 Å². The number of aliphatic hydroxyl groups is 3. The quantitative estimate of drug-likeness (QED) is 0.0438. The van der Waals surface area contributed by atoms with E-state index in [4.69, 9.17) is 14.2 Å². The van der Waals surface area contributed by atoms with Crippen LogP contribution in [0.25, 0.3) is 0 Å². The summed E-state index contributed by atoms with van der Waals surface area (Å²) < 4.78 is 16.3. The summed E-state index contributed by atoms with van der Waals surface area (Å²) >= 11 is 0. The number of hydrogen-bond donors (Lipinski definition) is 3. The zero-order valence-corrected chi connectivity index (χ0v) is 32.6. The summed E-state index contributed by atoms with van der Waals surface area (Å²) in [6, 6.07) is 0. The Morgan fingerprint density at radius 3 is 1.04 bits per heavy atom. The van der Waals surface area contributed by atoms with Gasteiger partial charge in [-0.3, -0.25) is 9.59 Å². The third-order valence-electron chi connectivity index (χ3n) is 10.3. The van der Waals surface area contributed by atoms with Crippen LogP contribution in [-0.4, -0.2) is 64.6 Å². The molecule has 1 saturated heterocycles. The van der Waals surface area contributed by atoms with Crippen molar-refractivity contribution in [3.8, 4) is 0 Å². The molecule has 0 aliphatic carbocycles. The SMILES string of the molecule is CCCCCCCCCCCCCCCCCC(=O)O[C@H]1[C@H](O)[C@@H](CO)OC(O)[C@@H]1OC(=O)CCCCCCCCCCCCCCCCC. The number of ether oxygens (including phenoxy) is 3. The van der Waals surface area contributed by atoms with Crippen LogP contribution in [0.3, 0.4) is 0 Å². The Hall–Kier alpha value is -1.22. The monoisotopic (exact) mass is 713 g/mol. The lowest BCUT2D eigenvalue weighted by Gasteiger charge is -2.41. The van der Waals surface area contributed by atoms with E-state index in [0.717, 1.165) is 38.5 Å². The fourth-order valence-electron chi connectivity index (χ4n) is 7.02. The second-order valence-corrected chi connectivity index (χ2v) is 15.0. The van der Waals surface area contributed by atoms with Gasteiger partial charge in [0.2, 0.25) is 0 Å². The van der Waals surface area contributed by atoms with E-state index in [2.05, 4.69) is 13.8 Å². The van der Waals surface area contributed by atoms with Gasteiger partial charge in [-0.05, 0) is 12.8 Å².